The van der Waals surface area contributed by atoms with E-state index in [9.17, 15) is 9.59 Å². The molecule has 5 nitrogen and oxygen atoms in total. The summed E-state index contributed by atoms with van der Waals surface area (Å²) in [6, 6.07) is 3.05. The van der Waals surface area contributed by atoms with Crippen LogP contribution in [0.3, 0.4) is 0 Å². The van der Waals surface area contributed by atoms with Crippen molar-refractivity contribution in [3.63, 3.8) is 0 Å². The largest absolute Gasteiger partial charge is 0.396 e. The Balaban J connectivity index is 2.62. The van der Waals surface area contributed by atoms with Gasteiger partial charge in [-0.05, 0) is 18.1 Å². The first kappa shape index (κ1) is 11.5. The van der Waals surface area contributed by atoms with Gasteiger partial charge >= 0.3 is 0 Å². The van der Waals surface area contributed by atoms with E-state index in [-0.39, 0.29) is 18.1 Å². The number of carbonyl (C=O) groups excluding carboxylic acids is 1. The summed E-state index contributed by atoms with van der Waals surface area (Å²) in [5, 5.41) is 11.3. The number of nitrogens with one attached hydrogen (secondary N) is 2. The van der Waals surface area contributed by atoms with Crippen LogP contribution in [0.4, 0.5) is 0 Å². The standard InChI is InChI=1S/C10H14N2O3/c1-7(6-13)5-12-10(15)8-3-2-4-11-9(8)14/h2-4,7,13H,5-6H2,1H3,(H,11,14)(H,12,15). The fraction of sp³-hybridized carbons (Fsp3) is 0.400. The van der Waals surface area contributed by atoms with Gasteiger partial charge in [0.05, 0.1) is 0 Å². The molecular formula is C10H14N2O3. The van der Waals surface area contributed by atoms with Crippen molar-refractivity contribution in [2.45, 2.75) is 6.92 Å². The van der Waals surface area contributed by atoms with Crippen molar-refractivity contribution < 1.29 is 9.90 Å². The Bertz CT molecular complexity index is 386. The molecule has 0 bridgehead atoms. The van der Waals surface area contributed by atoms with Gasteiger partial charge in [0.1, 0.15) is 5.56 Å². The van der Waals surface area contributed by atoms with Crippen LogP contribution >= 0.6 is 0 Å². The molecule has 0 spiro atoms. The molecule has 1 atom stereocenters. The van der Waals surface area contributed by atoms with Crippen LogP contribution in [0.2, 0.25) is 0 Å². The monoisotopic (exact) mass is 210 g/mol. The Kier molecular flexibility index (Phi) is 4.05. The lowest BCUT2D eigenvalue weighted by Gasteiger charge is -2.08. The highest BCUT2D eigenvalue weighted by molar-refractivity contribution is 5.93. The van der Waals surface area contributed by atoms with Crippen LogP contribution in [0.1, 0.15) is 17.3 Å². The predicted molar refractivity (Wildman–Crippen MR) is 55.6 cm³/mol. The second-order valence-electron chi connectivity index (χ2n) is 3.41. The molecule has 0 saturated heterocycles. The first-order valence-corrected chi connectivity index (χ1v) is 4.72. The minimum Gasteiger partial charge on any atom is -0.396 e. The lowest BCUT2D eigenvalue weighted by atomic mass is 10.2. The molecule has 5 heteroatoms. The molecule has 0 radical (unpaired) electrons. The molecule has 1 amide bonds. The van der Waals surface area contributed by atoms with E-state index in [1.54, 1.807) is 13.0 Å². The lowest BCUT2D eigenvalue weighted by Crippen LogP contribution is -2.33. The first-order valence-electron chi connectivity index (χ1n) is 4.72. The summed E-state index contributed by atoms with van der Waals surface area (Å²) in [5.41, 5.74) is -0.325. The molecule has 1 heterocycles. The molecule has 15 heavy (non-hydrogen) atoms. The van der Waals surface area contributed by atoms with Gasteiger partial charge in [0.15, 0.2) is 0 Å². The van der Waals surface area contributed by atoms with Crippen LogP contribution in [0.5, 0.6) is 0 Å². The van der Waals surface area contributed by atoms with Crippen molar-refractivity contribution in [3.05, 3.63) is 34.2 Å². The molecule has 0 aliphatic rings. The molecule has 1 aromatic heterocycles. The van der Waals surface area contributed by atoms with Crippen molar-refractivity contribution in [1.82, 2.24) is 10.3 Å². The molecule has 0 fully saturated rings. The zero-order valence-electron chi connectivity index (χ0n) is 8.49. The van der Waals surface area contributed by atoms with Gasteiger partial charge in [0.2, 0.25) is 0 Å². The highest BCUT2D eigenvalue weighted by atomic mass is 16.3. The van der Waals surface area contributed by atoms with Crippen LogP contribution in [-0.2, 0) is 0 Å². The van der Waals surface area contributed by atoms with E-state index in [2.05, 4.69) is 10.3 Å². The number of carbonyl (C=O) groups is 1. The van der Waals surface area contributed by atoms with Crippen LogP contribution in [0, 0.1) is 5.92 Å². The van der Waals surface area contributed by atoms with Gasteiger partial charge in [-0.1, -0.05) is 6.92 Å². The Morgan fingerprint density at radius 3 is 3.00 bits per heavy atom. The Hall–Kier alpha value is -1.62. The SMILES string of the molecule is CC(CO)CNC(=O)c1ccc[nH]c1=O. The quantitative estimate of drug-likeness (QED) is 0.640. The summed E-state index contributed by atoms with van der Waals surface area (Å²) in [4.78, 5) is 25.1. The fourth-order valence-electron chi connectivity index (χ4n) is 1.03. The van der Waals surface area contributed by atoms with E-state index >= 15 is 0 Å². The molecule has 3 N–H and O–H groups in total. The highest BCUT2D eigenvalue weighted by Crippen LogP contribution is 1.92. The number of aliphatic hydroxyl groups is 1. The van der Waals surface area contributed by atoms with Gasteiger partial charge in [-0.2, -0.15) is 0 Å². The number of H-pyrrole nitrogens is 1. The number of aliphatic hydroxyl groups excluding tert-OH is 1. The van der Waals surface area contributed by atoms with Crippen LogP contribution in [0.15, 0.2) is 23.1 Å². The normalized spacial score (nSPS) is 12.1. The molecular weight excluding hydrogens is 196 g/mol. The minimum absolute atomic E-state index is 0.00538. The highest BCUT2D eigenvalue weighted by Gasteiger charge is 2.09. The van der Waals surface area contributed by atoms with E-state index in [4.69, 9.17) is 5.11 Å². The maximum Gasteiger partial charge on any atom is 0.260 e. The summed E-state index contributed by atoms with van der Waals surface area (Å²) in [7, 11) is 0. The summed E-state index contributed by atoms with van der Waals surface area (Å²) < 4.78 is 0. The van der Waals surface area contributed by atoms with Gasteiger partial charge in [-0.25, -0.2) is 0 Å². The Morgan fingerprint density at radius 2 is 2.40 bits per heavy atom. The average Bonchev–Trinajstić information content (AvgIpc) is 2.26. The number of hydrogen-bond acceptors (Lipinski definition) is 3. The average molecular weight is 210 g/mol. The summed E-state index contributed by atoms with van der Waals surface area (Å²) in [5.74, 6) is -0.436. The van der Waals surface area contributed by atoms with E-state index in [1.807, 2.05) is 0 Å². The fourth-order valence-corrected chi connectivity index (χ4v) is 1.03. The second-order valence-corrected chi connectivity index (χ2v) is 3.41. The van der Waals surface area contributed by atoms with Gasteiger partial charge in [-0.3, -0.25) is 9.59 Å². The molecule has 1 unspecified atom stereocenters. The van der Waals surface area contributed by atoms with E-state index < -0.39 is 11.5 Å². The van der Waals surface area contributed by atoms with Crippen LogP contribution in [-0.4, -0.2) is 29.1 Å². The second kappa shape index (κ2) is 5.31. The van der Waals surface area contributed by atoms with E-state index in [0.717, 1.165) is 0 Å². The number of aromatic amines is 1. The lowest BCUT2D eigenvalue weighted by molar-refractivity contribution is 0.0941. The van der Waals surface area contributed by atoms with Crippen LogP contribution in [0.25, 0.3) is 0 Å². The molecule has 0 aromatic carbocycles. The first-order chi connectivity index (χ1) is 7.15. The number of hydrogen-bond donors (Lipinski definition) is 3. The van der Waals surface area contributed by atoms with Crippen molar-refractivity contribution in [1.29, 1.82) is 0 Å². The van der Waals surface area contributed by atoms with Crippen molar-refractivity contribution in [3.8, 4) is 0 Å². The maximum atomic E-state index is 11.5. The predicted octanol–water partition coefficient (Wildman–Crippen LogP) is -0.267. The molecule has 0 aliphatic carbocycles. The van der Waals surface area contributed by atoms with Gasteiger partial charge in [0.25, 0.3) is 11.5 Å². The van der Waals surface area contributed by atoms with Gasteiger partial charge in [-0.15, -0.1) is 0 Å². The molecule has 1 aromatic rings. The zero-order chi connectivity index (χ0) is 11.3. The van der Waals surface area contributed by atoms with Crippen molar-refractivity contribution >= 4 is 5.91 Å². The van der Waals surface area contributed by atoms with Gasteiger partial charge in [0, 0.05) is 19.3 Å². The van der Waals surface area contributed by atoms with E-state index in [1.165, 1.54) is 12.3 Å². The Labute approximate surface area is 87.1 Å². The molecule has 82 valence electrons. The summed E-state index contributed by atoms with van der Waals surface area (Å²) in [6.07, 6.45) is 1.47. The van der Waals surface area contributed by atoms with Gasteiger partial charge < -0.3 is 15.4 Å². The maximum absolute atomic E-state index is 11.5. The zero-order valence-corrected chi connectivity index (χ0v) is 8.49. The number of amides is 1. The molecule has 0 saturated carbocycles. The third kappa shape index (κ3) is 3.21. The Morgan fingerprint density at radius 1 is 1.67 bits per heavy atom. The third-order valence-electron chi connectivity index (χ3n) is 1.99. The van der Waals surface area contributed by atoms with Crippen molar-refractivity contribution in [2.24, 2.45) is 5.92 Å². The summed E-state index contributed by atoms with van der Waals surface area (Å²) >= 11 is 0. The van der Waals surface area contributed by atoms with Crippen molar-refractivity contribution in [2.75, 3.05) is 13.2 Å². The van der Waals surface area contributed by atoms with Crippen LogP contribution < -0.4 is 10.9 Å². The molecule has 0 aliphatic heterocycles. The topological polar surface area (TPSA) is 82.2 Å². The minimum atomic E-state index is -0.419. The molecule has 1 rings (SSSR count). The summed E-state index contributed by atoms with van der Waals surface area (Å²) in [6.45, 7) is 2.16. The number of pyridine rings is 1. The number of rotatable bonds is 4. The smallest absolute Gasteiger partial charge is 0.260 e. The third-order valence-corrected chi connectivity index (χ3v) is 1.99. The van der Waals surface area contributed by atoms with E-state index in [0.29, 0.717) is 6.54 Å². The number of aromatic nitrogens is 1.